The number of benzene rings is 1. The van der Waals surface area contributed by atoms with Gasteiger partial charge in [-0.2, -0.15) is 0 Å². The SMILES string of the molecule is Nc1cc(F)ccc1N1CCCC1C1CCCC1. The van der Waals surface area contributed by atoms with Crippen LogP contribution in [0.3, 0.4) is 0 Å². The van der Waals surface area contributed by atoms with Crippen molar-refractivity contribution in [2.45, 2.75) is 44.6 Å². The molecule has 1 saturated heterocycles. The Balaban J connectivity index is 1.85. The van der Waals surface area contributed by atoms with Crippen LogP contribution in [0, 0.1) is 11.7 Å². The minimum Gasteiger partial charge on any atom is -0.397 e. The summed E-state index contributed by atoms with van der Waals surface area (Å²) >= 11 is 0. The Bertz CT molecular complexity index is 427. The summed E-state index contributed by atoms with van der Waals surface area (Å²) in [5.41, 5.74) is 7.60. The molecule has 1 saturated carbocycles. The largest absolute Gasteiger partial charge is 0.397 e. The van der Waals surface area contributed by atoms with Gasteiger partial charge in [-0.1, -0.05) is 12.8 Å². The fraction of sp³-hybridized carbons (Fsp3) is 0.600. The number of hydrogen-bond acceptors (Lipinski definition) is 2. The molecule has 0 bridgehead atoms. The van der Waals surface area contributed by atoms with Gasteiger partial charge in [0.2, 0.25) is 0 Å². The molecule has 2 N–H and O–H groups in total. The van der Waals surface area contributed by atoms with E-state index >= 15 is 0 Å². The van der Waals surface area contributed by atoms with Crippen molar-refractivity contribution in [3.05, 3.63) is 24.0 Å². The van der Waals surface area contributed by atoms with Crippen molar-refractivity contribution in [3.8, 4) is 0 Å². The molecule has 1 unspecified atom stereocenters. The summed E-state index contributed by atoms with van der Waals surface area (Å²) in [6, 6.07) is 5.44. The van der Waals surface area contributed by atoms with Gasteiger partial charge in [-0.25, -0.2) is 4.39 Å². The number of nitrogens with zero attached hydrogens (tertiary/aromatic N) is 1. The van der Waals surface area contributed by atoms with Crippen LogP contribution in [-0.2, 0) is 0 Å². The highest BCUT2D eigenvalue weighted by Gasteiger charge is 2.33. The van der Waals surface area contributed by atoms with Gasteiger partial charge in [0.15, 0.2) is 0 Å². The van der Waals surface area contributed by atoms with Crippen LogP contribution in [0.25, 0.3) is 0 Å². The predicted octanol–water partition coefficient (Wildman–Crippen LogP) is 3.57. The molecule has 3 heteroatoms. The highest BCUT2D eigenvalue weighted by Crippen LogP contribution is 2.39. The zero-order chi connectivity index (χ0) is 12.5. The molecule has 1 aliphatic carbocycles. The first-order chi connectivity index (χ1) is 8.75. The molecule has 3 rings (SSSR count). The first-order valence-electron chi connectivity index (χ1n) is 7.07. The number of nitrogens with two attached hydrogens (primary N) is 1. The minimum atomic E-state index is -0.243. The molecular formula is C15H21FN2. The van der Waals surface area contributed by atoms with E-state index < -0.39 is 0 Å². The van der Waals surface area contributed by atoms with E-state index in [0.29, 0.717) is 11.7 Å². The molecule has 1 atom stereocenters. The summed E-state index contributed by atoms with van der Waals surface area (Å²) in [5.74, 6) is 0.574. The van der Waals surface area contributed by atoms with Gasteiger partial charge in [0.25, 0.3) is 0 Å². The van der Waals surface area contributed by atoms with Gasteiger partial charge in [-0.15, -0.1) is 0 Å². The lowest BCUT2D eigenvalue weighted by atomic mass is 9.95. The number of hydrogen-bond donors (Lipinski definition) is 1. The summed E-state index contributed by atoms with van der Waals surface area (Å²) in [4.78, 5) is 2.42. The molecule has 0 amide bonds. The molecular weight excluding hydrogens is 227 g/mol. The minimum absolute atomic E-state index is 0.243. The third-order valence-corrected chi connectivity index (χ3v) is 4.54. The number of rotatable bonds is 2. The molecule has 1 heterocycles. The maximum absolute atomic E-state index is 13.1. The van der Waals surface area contributed by atoms with Gasteiger partial charge in [-0.05, 0) is 49.8 Å². The molecule has 98 valence electrons. The molecule has 1 aromatic carbocycles. The van der Waals surface area contributed by atoms with Gasteiger partial charge >= 0.3 is 0 Å². The van der Waals surface area contributed by atoms with Crippen LogP contribution in [0.1, 0.15) is 38.5 Å². The van der Waals surface area contributed by atoms with Crippen molar-refractivity contribution in [1.29, 1.82) is 0 Å². The lowest BCUT2D eigenvalue weighted by molar-refractivity contribution is 0.431. The molecule has 1 aliphatic heterocycles. The maximum atomic E-state index is 13.1. The third-order valence-electron chi connectivity index (χ3n) is 4.54. The Hall–Kier alpha value is -1.25. The van der Waals surface area contributed by atoms with E-state index in [0.717, 1.165) is 18.2 Å². The second kappa shape index (κ2) is 4.79. The first-order valence-corrected chi connectivity index (χ1v) is 7.07. The van der Waals surface area contributed by atoms with Crippen LogP contribution >= 0.6 is 0 Å². The maximum Gasteiger partial charge on any atom is 0.125 e. The van der Waals surface area contributed by atoms with Gasteiger partial charge in [-0.3, -0.25) is 0 Å². The van der Waals surface area contributed by atoms with Crippen molar-refractivity contribution in [2.24, 2.45) is 5.92 Å². The summed E-state index contributed by atoms with van der Waals surface area (Å²) < 4.78 is 13.1. The zero-order valence-corrected chi connectivity index (χ0v) is 10.7. The first kappa shape index (κ1) is 11.8. The van der Waals surface area contributed by atoms with Crippen LogP contribution in [0.15, 0.2) is 18.2 Å². The number of halogens is 1. The third kappa shape index (κ3) is 2.06. The molecule has 2 aliphatic rings. The summed E-state index contributed by atoms with van der Waals surface area (Å²) in [7, 11) is 0. The van der Waals surface area contributed by atoms with E-state index in [2.05, 4.69) is 4.90 Å². The number of nitrogen functional groups attached to an aromatic ring is 1. The van der Waals surface area contributed by atoms with Crippen LogP contribution in [0.5, 0.6) is 0 Å². The van der Waals surface area contributed by atoms with Gasteiger partial charge < -0.3 is 10.6 Å². The average Bonchev–Trinajstić information content (AvgIpc) is 2.98. The standard InChI is InChI=1S/C15H21FN2/c16-12-7-8-15(13(17)10-12)18-9-3-6-14(18)11-4-1-2-5-11/h7-8,10-11,14H,1-6,9,17H2. The topological polar surface area (TPSA) is 29.3 Å². The molecule has 1 aromatic rings. The van der Waals surface area contributed by atoms with Gasteiger partial charge in [0.05, 0.1) is 11.4 Å². The number of anilines is 2. The van der Waals surface area contributed by atoms with Crippen LogP contribution in [0.2, 0.25) is 0 Å². The van der Waals surface area contributed by atoms with Gasteiger partial charge in [0.1, 0.15) is 5.82 Å². The van der Waals surface area contributed by atoms with Gasteiger partial charge in [0, 0.05) is 12.6 Å². The summed E-state index contributed by atoms with van der Waals surface area (Å²) in [6.45, 7) is 1.07. The highest BCUT2D eigenvalue weighted by atomic mass is 19.1. The van der Waals surface area contributed by atoms with Crippen molar-refractivity contribution in [1.82, 2.24) is 0 Å². The Morgan fingerprint density at radius 1 is 1.11 bits per heavy atom. The van der Waals surface area contributed by atoms with E-state index in [1.165, 1.54) is 50.7 Å². The predicted molar refractivity (Wildman–Crippen MR) is 73.1 cm³/mol. The zero-order valence-electron chi connectivity index (χ0n) is 10.7. The quantitative estimate of drug-likeness (QED) is 0.811. The lowest BCUT2D eigenvalue weighted by Crippen LogP contribution is -2.35. The van der Waals surface area contributed by atoms with Crippen LogP contribution in [-0.4, -0.2) is 12.6 Å². The molecule has 0 radical (unpaired) electrons. The van der Waals surface area contributed by atoms with E-state index in [9.17, 15) is 4.39 Å². The van der Waals surface area contributed by atoms with E-state index in [1.54, 1.807) is 0 Å². The molecule has 2 nitrogen and oxygen atoms in total. The molecule has 18 heavy (non-hydrogen) atoms. The van der Waals surface area contributed by atoms with Crippen molar-refractivity contribution in [2.75, 3.05) is 17.2 Å². The van der Waals surface area contributed by atoms with E-state index in [-0.39, 0.29) is 5.82 Å². The summed E-state index contributed by atoms with van der Waals surface area (Å²) in [5, 5.41) is 0. The van der Waals surface area contributed by atoms with Crippen molar-refractivity contribution >= 4 is 11.4 Å². The average molecular weight is 248 g/mol. The summed E-state index contributed by atoms with van der Waals surface area (Å²) in [6.07, 6.45) is 7.94. The van der Waals surface area contributed by atoms with E-state index in [4.69, 9.17) is 5.73 Å². The lowest BCUT2D eigenvalue weighted by Gasteiger charge is -2.32. The molecule has 0 aromatic heterocycles. The van der Waals surface area contributed by atoms with E-state index in [1.807, 2.05) is 6.07 Å². The monoisotopic (exact) mass is 248 g/mol. The van der Waals surface area contributed by atoms with Crippen LogP contribution < -0.4 is 10.6 Å². The Kier molecular flexibility index (Phi) is 3.14. The second-order valence-electron chi connectivity index (χ2n) is 5.65. The van der Waals surface area contributed by atoms with Crippen LogP contribution in [0.4, 0.5) is 15.8 Å². The highest BCUT2D eigenvalue weighted by molar-refractivity contribution is 5.68. The Morgan fingerprint density at radius 2 is 1.89 bits per heavy atom. The smallest absolute Gasteiger partial charge is 0.125 e. The fourth-order valence-corrected chi connectivity index (χ4v) is 3.71. The normalized spacial score (nSPS) is 24.9. The fourth-order valence-electron chi connectivity index (χ4n) is 3.71. The van der Waals surface area contributed by atoms with Crippen molar-refractivity contribution in [3.63, 3.8) is 0 Å². The Morgan fingerprint density at radius 3 is 2.61 bits per heavy atom. The molecule has 0 spiro atoms. The Labute approximate surface area is 108 Å². The molecule has 2 fully saturated rings. The second-order valence-corrected chi connectivity index (χ2v) is 5.65. The van der Waals surface area contributed by atoms with Crippen molar-refractivity contribution < 1.29 is 4.39 Å².